The van der Waals surface area contributed by atoms with Crippen molar-refractivity contribution in [2.24, 2.45) is 0 Å². The Morgan fingerprint density at radius 2 is 0.800 bits per heavy atom. The second kappa shape index (κ2) is 2.21. The zero-order valence-electron chi connectivity index (χ0n) is 7.72. The molecule has 1 heterocycles. The molecule has 0 saturated carbocycles. The van der Waals surface area contributed by atoms with E-state index in [2.05, 4.69) is 28.2 Å². The molecule has 1 rings (SSSR count). The number of quaternary nitrogens is 2. The normalized spacial score (nSPS) is 30.0. The van der Waals surface area contributed by atoms with E-state index in [1.165, 1.54) is 35.1 Å². The second-order valence-corrected chi connectivity index (χ2v) is 4.77. The van der Waals surface area contributed by atoms with Gasteiger partial charge in [-0.1, -0.05) is 0 Å². The van der Waals surface area contributed by atoms with E-state index in [4.69, 9.17) is 0 Å². The summed E-state index contributed by atoms with van der Waals surface area (Å²) in [6, 6.07) is 0. The van der Waals surface area contributed by atoms with Crippen molar-refractivity contribution in [1.29, 1.82) is 0 Å². The number of hydrogen-bond donors (Lipinski definition) is 0. The Hall–Kier alpha value is -0.0800. The summed E-state index contributed by atoms with van der Waals surface area (Å²) >= 11 is 0. The second-order valence-electron chi connectivity index (χ2n) is 4.77. The Morgan fingerprint density at radius 1 is 0.600 bits per heavy atom. The molecule has 0 aromatic heterocycles. The van der Waals surface area contributed by atoms with Crippen LogP contribution in [-0.4, -0.2) is 63.3 Å². The van der Waals surface area contributed by atoms with Gasteiger partial charge in [-0.25, -0.2) is 0 Å². The fraction of sp³-hybridized carbons (Fsp3) is 1.00. The van der Waals surface area contributed by atoms with E-state index in [-0.39, 0.29) is 0 Å². The van der Waals surface area contributed by atoms with Gasteiger partial charge >= 0.3 is 0 Å². The molecule has 0 atom stereocenters. The Balaban J connectivity index is 2.46. The van der Waals surface area contributed by atoms with E-state index in [1.807, 2.05) is 0 Å². The van der Waals surface area contributed by atoms with E-state index in [0.717, 1.165) is 0 Å². The summed E-state index contributed by atoms with van der Waals surface area (Å²) in [6.07, 6.45) is 0. The fourth-order valence-electron chi connectivity index (χ4n) is 1.31. The standard InChI is InChI=1S/C8H20N2/c1-9(2)5-7-10(3,4)8-6-9/h5-8H2,1-4H3/q+2. The Bertz CT molecular complexity index is 99.2. The highest BCUT2D eigenvalue weighted by Crippen LogP contribution is 2.09. The predicted molar refractivity (Wildman–Crippen MR) is 43.7 cm³/mol. The molecule has 0 N–H and O–H groups in total. The zero-order chi connectivity index (χ0) is 7.83. The minimum atomic E-state index is 1.21. The van der Waals surface area contributed by atoms with Crippen molar-refractivity contribution in [1.82, 2.24) is 0 Å². The van der Waals surface area contributed by atoms with Gasteiger partial charge in [0.2, 0.25) is 0 Å². The average Bonchev–Trinajstić information content (AvgIpc) is 1.79. The van der Waals surface area contributed by atoms with Crippen LogP contribution in [0.3, 0.4) is 0 Å². The lowest BCUT2D eigenvalue weighted by molar-refractivity contribution is -0.998. The van der Waals surface area contributed by atoms with Crippen LogP contribution in [0.2, 0.25) is 0 Å². The Morgan fingerprint density at radius 3 is 1.00 bits per heavy atom. The van der Waals surface area contributed by atoms with Gasteiger partial charge in [-0.2, -0.15) is 0 Å². The molecule has 0 unspecified atom stereocenters. The lowest BCUT2D eigenvalue weighted by Crippen LogP contribution is -2.60. The molecule has 2 heteroatoms. The van der Waals surface area contributed by atoms with Crippen molar-refractivity contribution in [2.75, 3.05) is 54.4 Å². The van der Waals surface area contributed by atoms with Crippen LogP contribution in [0.4, 0.5) is 0 Å². The van der Waals surface area contributed by atoms with Gasteiger partial charge in [-0.3, -0.25) is 0 Å². The van der Waals surface area contributed by atoms with E-state index in [9.17, 15) is 0 Å². The highest BCUT2D eigenvalue weighted by atomic mass is 15.4. The molecule has 0 amide bonds. The first-order valence-electron chi connectivity index (χ1n) is 4.05. The third-order valence-corrected chi connectivity index (χ3v) is 2.62. The number of hydrogen-bond acceptors (Lipinski definition) is 0. The van der Waals surface area contributed by atoms with Crippen LogP contribution >= 0.6 is 0 Å². The highest BCUT2D eigenvalue weighted by molar-refractivity contribution is 4.43. The summed E-state index contributed by atoms with van der Waals surface area (Å²) in [5, 5.41) is 0. The van der Waals surface area contributed by atoms with E-state index in [1.54, 1.807) is 0 Å². The molecule has 0 spiro atoms. The van der Waals surface area contributed by atoms with Gasteiger partial charge in [-0.05, 0) is 0 Å². The first-order valence-corrected chi connectivity index (χ1v) is 4.05. The van der Waals surface area contributed by atoms with Crippen LogP contribution in [0.5, 0.6) is 0 Å². The molecular weight excluding hydrogens is 124 g/mol. The van der Waals surface area contributed by atoms with E-state index >= 15 is 0 Å². The molecule has 1 saturated heterocycles. The quantitative estimate of drug-likeness (QED) is 0.425. The number of likely N-dealkylation sites (N-methyl/N-ethyl adjacent to an activating group) is 2. The lowest BCUT2D eigenvalue weighted by Gasteiger charge is -2.42. The smallest absolute Gasteiger partial charge is 0.128 e. The SMILES string of the molecule is C[N+]1(C)CC[N+](C)(C)CC1. The summed E-state index contributed by atoms with van der Waals surface area (Å²) in [5.41, 5.74) is 0. The van der Waals surface area contributed by atoms with Crippen LogP contribution in [0, 0.1) is 0 Å². The first-order chi connectivity index (χ1) is 4.41. The molecule has 0 aliphatic carbocycles. The summed E-state index contributed by atoms with van der Waals surface area (Å²) < 4.78 is 2.42. The van der Waals surface area contributed by atoms with Gasteiger partial charge in [0.15, 0.2) is 0 Å². The largest absolute Gasteiger partial charge is 0.319 e. The summed E-state index contributed by atoms with van der Waals surface area (Å²) in [6.45, 7) is 5.31. The molecule has 0 bridgehead atoms. The van der Waals surface area contributed by atoms with E-state index in [0.29, 0.717) is 0 Å². The molecule has 0 aromatic rings. The molecule has 1 aliphatic rings. The number of piperazine rings is 1. The lowest BCUT2D eigenvalue weighted by atomic mass is 10.2. The van der Waals surface area contributed by atoms with Crippen molar-refractivity contribution >= 4 is 0 Å². The van der Waals surface area contributed by atoms with Gasteiger partial charge < -0.3 is 8.97 Å². The molecular formula is C8H20N2+2. The number of rotatable bonds is 0. The summed E-state index contributed by atoms with van der Waals surface area (Å²) in [5.74, 6) is 0. The fourth-order valence-corrected chi connectivity index (χ4v) is 1.31. The van der Waals surface area contributed by atoms with E-state index < -0.39 is 0 Å². The molecule has 1 fully saturated rings. The maximum absolute atomic E-state index is 2.32. The first kappa shape index (κ1) is 8.02. The Kier molecular flexibility index (Phi) is 1.77. The molecule has 2 nitrogen and oxygen atoms in total. The highest BCUT2D eigenvalue weighted by Gasteiger charge is 2.30. The number of nitrogens with zero attached hydrogens (tertiary/aromatic N) is 2. The van der Waals surface area contributed by atoms with Crippen LogP contribution in [0.1, 0.15) is 0 Å². The minimum absolute atomic E-state index is 1.21. The average molecular weight is 144 g/mol. The van der Waals surface area contributed by atoms with Gasteiger partial charge in [0.05, 0.1) is 28.2 Å². The predicted octanol–water partition coefficient (Wildman–Crippen LogP) is 0.153. The third kappa shape index (κ3) is 1.96. The van der Waals surface area contributed by atoms with Crippen molar-refractivity contribution in [2.45, 2.75) is 0 Å². The van der Waals surface area contributed by atoms with Crippen molar-refractivity contribution in [3.05, 3.63) is 0 Å². The monoisotopic (exact) mass is 144 g/mol. The molecule has 1 aliphatic heterocycles. The van der Waals surface area contributed by atoms with Gasteiger partial charge in [0, 0.05) is 0 Å². The summed E-state index contributed by atoms with van der Waals surface area (Å²) in [4.78, 5) is 0. The maximum atomic E-state index is 2.32. The summed E-state index contributed by atoms with van der Waals surface area (Å²) in [7, 11) is 9.27. The Labute approximate surface area is 64.2 Å². The molecule has 0 aromatic carbocycles. The van der Waals surface area contributed by atoms with Crippen molar-refractivity contribution in [3.8, 4) is 0 Å². The van der Waals surface area contributed by atoms with Crippen molar-refractivity contribution in [3.63, 3.8) is 0 Å². The van der Waals surface area contributed by atoms with Gasteiger partial charge in [0.25, 0.3) is 0 Å². The molecule has 60 valence electrons. The van der Waals surface area contributed by atoms with Crippen LogP contribution in [-0.2, 0) is 0 Å². The van der Waals surface area contributed by atoms with Crippen molar-refractivity contribution < 1.29 is 8.97 Å². The third-order valence-electron chi connectivity index (χ3n) is 2.62. The molecule has 10 heavy (non-hydrogen) atoms. The molecule has 0 radical (unpaired) electrons. The minimum Gasteiger partial charge on any atom is -0.319 e. The van der Waals surface area contributed by atoms with Gasteiger partial charge in [-0.15, -0.1) is 0 Å². The maximum Gasteiger partial charge on any atom is 0.128 e. The van der Waals surface area contributed by atoms with Crippen LogP contribution in [0.25, 0.3) is 0 Å². The topological polar surface area (TPSA) is 0 Å². The zero-order valence-corrected chi connectivity index (χ0v) is 7.72. The van der Waals surface area contributed by atoms with Crippen LogP contribution in [0.15, 0.2) is 0 Å². The van der Waals surface area contributed by atoms with Gasteiger partial charge in [0.1, 0.15) is 26.2 Å². The van der Waals surface area contributed by atoms with Crippen LogP contribution < -0.4 is 0 Å².